The van der Waals surface area contributed by atoms with Crippen LogP contribution in [-0.4, -0.2) is 35.7 Å². The van der Waals surface area contributed by atoms with E-state index >= 15 is 0 Å². The Labute approximate surface area is 130 Å². The maximum absolute atomic E-state index is 11.7. The van der Waals surface area contributed by atoms with Gasteiger partial charge in [-0.3, -0.25) is 19.3 Å². The number of benzene rings is 1. The Morgan fingerprint density at radius 3 is 2.36 bits per heavy atom. The minimum Gasteiger partial charge on any atom is -0.354 e. The van der Waals surface area contributed by atoms with Crippen LogP contribution in [0.1, 0.15) is 24.8 Å². The summed E-state index contributed by atoms with van der Waals surface area (Å²) >= 11 is 0. The van der Waals surface area contributed by atoms with E-state index in [2.05, 4.69) is 17.4 Å². The lowest BCUT2D eigenvalue weighted by Crippen LogP contribution is -2.38. The molecule has 0 atom stereocenters. The van der Waals surface area contributed by atoms with Crippen LogP contribution in [0.2, 0.25) is 0 Å². The molecule has 116 valence electrons. The summed E-state index contributed by atoms with van der Waals surface area (Å²) in [4.78, 5) is 35.4. The highest BCUT2D eigenvalue weighted by Crippen LogP contribution is 2.06. The van der Waals surface area contributed by atoms with E-state index in [4.69, 9.17) is 0 Å². The monoisotopic (exact) mass is 300 g/mol. The van der Waals surface area contributed by atoms with Gasteiger partial charge in [-0.15, -0.1) is 0 Å². The van der Waals surface area contributed by atoms with E-state index < -0.39 is 0 Å². The lowest BCUT2D eigenvalue weighted by molar-refractivity contribution is -0.137. The van der Waals surface area contributed by atoms with E-state index in [9.17, 15) is 14.4 Å². The second-order valence-corrected chi connectivity index (χ2v) is 5.20. The maximum atomic E-state index is 11.7. The van der Waals surface area contributed by atoms with Crippen molar-refractivity contribution < 1.29 is 14.4 Å². The van der Waals surface area contributed by atoms with Gasteiger partial charge in [0.2, 0.25) is 5.91 Å². The number of nitrogens with zero attached hydrogens (tertiary/aromatic N) is 1. The highest BCUT2D eigenvalue weighted by atomic mass is 16.2. The summed E-state index contributed by atoms with van der Waals surface area (Å²) in [5.41, 5.74) is 1.28. The number of carbonyl (C=O) groups is 3. The number of rotatable bonds is 8. The van der Waals surface area contributed by atoms with Gasteiger partial charge in [0.1, 0.15) is 0 Å². The molecule has 1 aromatic carbocycles. The van der Waals surface area contributed by atoms with E-state index in [1.54, 1.807) is 0 Å². The summed E-state index contributed by atoms with van der Waals surface area (Å²) in [6, 6.07) is 10.2. The SMILES string of the molecule is O=C(CCCCc1ccccc1)NCCN1C(=O)C=CC1=O. The molecule has 0 spiro atoms. The zero-order chi connectivity index (χ0) is 15.8. The molecule has 0 fully saturated rings. The quantitative estimate of drug-likeness (QED) is 0.583. The molecular weight excluding hydrogens is 280 g/mol. The highest BCUT2D eigenvalue weighted by Gasteiger charge is 2.22. The molecule has 1 heterocycles. The van der Waals surface area contributed by atoms with Crippen molar-refractivity contribution in [3.63, 3.8) is 0 Å². The van der Waals surface area contributed by atoms with Crippen molar-refractivity contribution in [3.8, 4) is 0 Å². The maximum Gasteiger partial charge on any atom is 0.253 e. The number of amides is 3. The first-order valence-electron chi connectivity index (χ1n) is 7.51. The number of hydrogen-bond acceptors (Lipinski definition) is 3. The molecule has 5 nitrogen and oxygen atoms in total. The number of nitrogens with one attached hydrogen (secondary N) is 1. The molecule has 1 N–H and O–H groups in total. The molecule has 0 aromatic heterocycles. The zero-order valence-corrected chi connectivity index (χ0v) is 12.5. The standard InChI is InChI=1S/C17H20N2O3/c20-15(9-5-4-8-14-6-2-1-3-7-14)18-12-13-19-16(21)10-11-17(19)22/h1-3,6-7,10-11H,4-5,8-9,12-13H2,(H,18,20). The molecule has 22 heavy (non-hydrogen) atoms. The Morgan fingerprint density at radius 2 is 1.68 bits per heavy atom. The Bertz CT molecular complexity index is 549. The number of aryl methyl sites for hydroxylation is 1. The van der Waals surface area contributed by atoms with Crippen molar-refractivity contribution in [3.05, 3.63) is 48.0 Å². The first-order chi connectivity index (χ1) is 10.7. The minimum absolute atomic E-state index is 0.0416. The van der Waals surface area contributed by atoms with Crippen LogP contribution in [0.5, 0.6) is 0 Å². The van der Waals surface area contributed by atoms with Crippen molar-refractivity contribution in [2.75, 3.05) is 13.1 Å². The average Bonchev–Trinajstić information content (AvgIpc) is 2.84. The number of unbranched alkanes of at least 4 members (excludes halogenated alkanes) is 1. The van der Waals surface area contributed by atoms with Gasteiger partial charge in [-0.2, -0.15) is 0 Å². The molecule has 0 unspecified atom stereocenters. The molecule has 0 saturated heterocycles. The third-order valence-electron chi connectivity index (χ3n) is 3.52. The van der Waals surface area contributed by atoms with E-state index in [1.165, 1.54) is 17.7 Å². The first-order valence-corrected chi connectivity index (χ1v) is 7.51. The Kier molecular flexibility index (Phi) is 5.89. The predicted octanol–water partition coefficient (Wildman–Crippen LogP) is 1.44. The highest BCUT2D eigenvalue weighted by molar-refractivity contribution is 6.12. The summed E-state index contributed by atoms with van der Waals surface area (Å²) in [5.74, 6) is -0.677. The van der Waals surface area contributed by atoms with Gasteiger partial charge < -0.3 is 5.32 Å². The van der Waals surface area contributed by atoms with E-state index in [-0.39, 0.29) is 24.3 Å². The topological polar surface area (TPSA) is 66.5 Å². The molecular formula is C17H20N2O3. The fraction of sp³-hybridized carbons (Fsp3) is 0.353. The van der Waals surface area contributed by atoms with Crippen LogP contribution in [0.25, 0.3) is 0 Å². The Hall–Kier alpha value is -2.43. The fourth-order valence-corrected chi connectivity index (χ4v) is 2.31. The molecule has 1 aliphatic rings. The van der Waals surface area contributed by atoms with Crippen LogP contribution < -0.4 is 5.32 Å². The molecule has 3 amide bonds. The smallest absolute Gasteiger partial charge is 0.253 e. The molecule has 0 radical (unpaired) electrons. The second kappa shape index (κ2) is 8.12. The van der Waals surface area contributed by atoms with Crippen LogP contribution >= 0.6 is 0 Å². The number of carbonyl (C=O) groups excluding carboxylic acids is 3. The van der Waals surface area contributed by atoms with E-state index in [0.717, 1.165) is 24.2 Å². The molecule has 0 bridgehead atoms. The summed E-state index contributed by atoms with van der Waals surface area (Å²) in [5, 5.41) is 2.74. The summed E-state index contributed by atoms with van der Waals surface area (Å²) < 4.78 is 0. The summed E-state index contributed by atoms with van der Waals surface area (Å²) in [6.07, 6.45) is 5.71. The van der Waals surface area contributed by atoms with Gasteiger partial charge in [0, 0.05) is 31.7 Å². The van der Waals surface area contributed by atoms with Gasteiger partial charge in [0.15, 0.2) is 0 Å². The Balaban J connectivity index is 1.55. The van der Waals surface area contributed by atoms with E-state index in [0.29, 0.717) is 13.0 Å². The minimum atomic E-state index is -0.317. The lowest BCUT2D eigenvalue weighted by Gasteiger charge is -2.13. The van der Waals surface area contributed by atoms with Crippen LogP contribution in [0.3, 0.4) is 0 Å². The molecule has 0 saturated carbocycles. The van der Waals surface area contributed by atoms with Crippen molar-refractivity contribution in [1.82, 2.24) is 10.2 Å². The lowest BCUT2D eigenvalue weighted by atomic mass is 10.1. The van der Waals surface area contributed by atoms with Crippen LogP contribution in [0.15, 0.2) is 42.5 Å². The molecule has 0 aliphatic carbocycles. The van der Waals surface area contributed by atoms with Gasteiger partial charge in [-0.1, -0.05) is 30.3 Å². The fourth-order valence-electron chi connectivity index (χ4n) is 2.31. The van der Waals surface area contributed by atoms with Crippen LogP contribution in [-0.2, 0) is 20.8 Å². The average molecular weight is 300 g/mol. The third kappa shape index (κ3) is 4.84. The third-order valence-corrected chi connectivity index (χ3v) is 3.52. The number of hydrogen-bond donors (Lipinski definition) is 1. The number of imide groups is 1. The van der Waals surface area contributed by atoms with Crippen LogP contribution in [0.4, 0.5) is 0 Å². The van der Waals surface area contributed by atoms with Gasteiger partial charge in [-0.25, -0.2) is 0 Å². The van der Waals surface area contributed by atoms with Gasteiger partial charge in [0.05, 0.1) is 0 Å². The van der Waals surface area contributed by atoms with Crippen molar-refractivity contribution in [1.29, 1.82) is 0 Å². The first kappa shape index (κ1) is 15.9. The molecule has 5 heteroatoms. The molecule has 1 aliphatic heterocycles. The van der Waals surface area contributed by atoms with Crippen molar-refractivity contribution in [2.24, 2.45) is 0 Å². The van der Waals surface area contributed by atoms with Gasteiger partial charge in [-0.05, 0) is 24.8 Å². The normalized spacial score (nSPS) is 13.7. The summed E-state index contributed by atoms with van der Waals surface area (Å²) in [7, 11) is 0. The zero-order valence-electron chi connectivity index (χ0n) is 12.5. The van der Waals surface area contributed by atoms with Crippen LogP contribution in [0, 0.1) is 0 Å². The molecule has 2 rings (SSSR count). The van der Waals surface area contributed by atoms with E-state index in [1.807, 2.05) is 18.2 Å². The molecule has 1 aromatic rings. The van der Waals surface area contributed by atoms with Gasteiger partial charge in [0.25, 0.3) is 11.8 Å². The second-order valence-electron chi connectivity index (χ2n) is 5.20. The van der Waals surface area contributed by atoms with Gasteiger partial charge >= 0.3 is 0 Å². The van der Waals surface area contributed by atoms with Crippen molar-refractivity contribution >= 4 is 17.7 Å². The Morgan fingerprint density at radius 1 is 1.00 bits per heavy atom. The van der Waals surface area contributed by atoms with Crippen molar-refractivity contribution in [2.45, 2.75) is 25.7 Å². The predicted molar refractivity (Wildman–Crippen MR) is 82.9 cm³/mol. The largest absolute Gasteiger partial charge is 0.354 e. The summed E-state index contributed by atoms with van der Waals surface area (Å²) in [6.45, 7) is 0.525.